The van der Waals surface area contributed by atoms with Gasteiger partial charge in [-0.05, 0) is 25.7 Å². The molecule has 2 N–H and O–H groups in total. The van der Waals surface area contributed by atoms with Crippen molar-refractivity contribution in [3.05, 3.63) is 23.8 Å². The molecule has 1 amide bonds. The Hall–Kier alpha value is -2.02. The molecule has 2 aromatic rings. The van der Waals surface area contributed by atoms with Gasteiger partial charge in [0.05, 0.1) is 17.4 Å². The minimum absolute atomic E-state index is 0.248. The van der Waals surface area contributed by atoms with Crippen molar-refractivity contribution in [2.45, 2.75) is 25.9 Å². The van der Waals surface area contributed by atoms with Crippen molar-refractivity contribution in [2.24, 2.45) is 5.92 Å². The number of carbonyl (C=O) groups excluding carboxylic acids is 1. The first-order chi connectivity index (χ1) is 9.16. The van der Waals surface area contributed by atoms with Gasteiger partial charge >= 0.3 is 0 Å². The molecule has 1 fully saturated rings. The van der Waals surface area contributed by atoms with Crippen LogP contribution in [0.1, 0.15) is 28.9 Å². The van der Waals surface area contributed by atoms with Gasteiger partial charge in [-0.15, -0.1) is 0 Å². The molecular weight excluding hydrogens is 246 g/mol. The zero-order chi connectivity index (χ0) is 13.4. The lowest BCUT2D eigenvalue weighted by Gasteiger charge is -2.11. The van der Waals surface area contributed by atoms with Crippen LogP contribution in [0.15, 0.2) is 12.5 Å². The number of aliphatic hydroxyl groups is 1. The van der Waals surface area contributed by atoms with Crippen molar-refractivity contribution in [3.8, 4) is 0 Å². The number of aromatic nitrogens is 4. The summed E-state index contributed by atoms with van der Waals surface area (Å²) in [6.45, 7) is 2.06. The molecule has 3 rings (SSSR count). The number of carbonyl (C=O) groups is 1. The summed E-state index contributed by atoms with van der Waals surface area (Å²) in [6, 6.07) is 0. The van der Waals surface area contributed by atoms with Gasteiger partial charge in [0, 0.05) is 12.7 Å². The van der Waals surface area contributed by atoms with Crippen LogP contribution < -0.4 is 5.32 Å². The van der Waals surface area contributed by atoms with E-state index in [2.05, 4.69) is 20.4 Å². The van der Waals surface area contributed by atoms with Gasteiger partial charge in [0.15, 0.2) is 0 Å². The van der Waals surface area contributed by atoms with Gasteiger partial charge in [0.2, 0.25) is 0 Å². The average Bonchev–Trinajstić information content (AvgIpc) is 3.14. The maximum atomic E-state index is 12.1. The maximum Gasteiger partial charge on any atom is 0.254 e. The molecule has 1 atom stereocenters. The van der Waals surface area contributed by atoms with Crippen LogP contribution in [-0.4, -0.2) is 43.2 Å². The van der Waals surface area contributed by atoms with Gasteiger partial charge in [0.1, 0.15) is 6.33 Å². The van der Waals surface area contributed by atoms with Gasteiger partial charge in [-0.25, -0.2) is 9.50 Å². The molecule has 0 saturated heterocycles. The summed E-state index contributed by atoms with van der Waals surface area (Å²) in [5.41, 5.74) is 1.13. The van der Waals surface area contributed by atoms with E-state index in [0.29, 0.717) is 23.0 Å². The highest BCUT2D eigenvalue weighted by molar-refractivity contribution is 5.95. The van der Waals surface area contributed by atoms with E-state index in [1.807, 2.05) is 0 Å². The molecule has 0 bridgehead atoms. The molecule has 1 saturated carbocycles. The largest absolute Gasteiger partial charge is 0.391 e. The second-order valence-corrected chi connectivity index (χ2v) is 4.84. The van der Waals surface area contributed by atoms with E-state index in [1.165, 1.54) is 17.0 Å². The molecule has 2 heterocycles. The summed E-state index contributed by atoms with van der Waals surface area (Å²) >= 11 is 0. The van der Waals surface area contributed by atoms with E-state index >= 15 is 0 Å². The number of fused-ring (bicyclic) bond motifs is 1. The molecule has 100 valence electrons. The standard InChI is InChI=1S/C12H15N5O2/c1-7-9(4-14-12-15-6-16-17(7)12)11(19)13-5-10(18)8-2-3-8/h4,6,8,10,18H,2-3,5H2,1H3,(H,13,19). The quantitative estimate of drug-likeness (QED) is 0.804. The summed E-state index contributed by atoms with van der Waals surface area (Å²) in [7, 11) is 0. The Morgan fingerprint density at radius 3 is 3.11 bits per heavy atom. The second-order valence-electron chi connectivity index (χ2n) is 4.84. The number of nitrogens with one attached hydrogen (secondary N) is 1. The van der Waals surface area contributed by atoms with E-state index in [0.717, 1.165) is 12.8 Å². The third-order valence-corrected chi connectivity index (χ3v) is 3.43. The Morgan fingerprint density at radius 1 is 1.58 bits per heavy atom. The second kappa shape index (κ2) is 4.58. The molecule has 0 aliphatic heterocycles. The van der Waals surface area contributed by atoms with Crippen molar-refractivity contribution >= 4 is 11.7 Å². The van der Waals surface area contributed by atoms with Crippen LogP contribution in [-0.2, 0) is 0 Å². The zero-order valence-corrected chi connectivity index (χ0v) is 10.6. The molecule has 7 nitrogen and oxygen atoms in total. The number of amides is 1. The molecule has 19 heavy (non-hydrogen) atoms. The van der Waals surface area contributed by atoms with Gasteiger partial charge < -0.3 is 10.4 Å². The van der Waals surface area contributed by atoms with Gasteiger partial charge in [-0.1, -0.05) is 0 Å². The van der Waals surface area contributed by atoms with Crippen LogP contribution in [0.4, 0.5) is 0 Å². The normalized spacial score (nSPS) is 16.5. The first kappa shape index (κ1) is 12.0. The van der Waals surface area contributed by atoms with Gasteiger partial charge in [-0.2, -0.15) is 10.1 Å². The third kappa shape index (κ3) is 2.28. The van der Waals surface area contributed by atoms with E-state index in [-0.39, 0.29) is 12.5 Å². The Kier molecular flexibility index (Phi) is 2.90. The predicted octanol–water partition coefficient (Wildman–Crippen LogP) is -0.0666. The summed E-state index contributed by atoms with van der Waals surface area (Å²) in [5, 5.41) is 16.5. The molecule has 7 heteroatoms. The summed E-state index contributed by atoms with van der Waals surface area (Å²) in [4.78, 5) is 20.1. The lowest BCUT2D eigenvalue weighted by molar-refractivity contribution is 0.0899. The lowest BCUT2D eigenvalue weighted by atomic mass is 10.2. The lowest BCUT2D eigenvalue weighted by Crippen LogP contribution is -2.33. The topological polar surface area (TPSA) is 92.4 Å². The van der Waals surface area contributed by atoms with Crippen molar-refractivity contribution in [1.29, 1.82) is 0 Å². The Balaban J connectivity index is 1.75. The van der Waals surface area contributed by atoms with E-state index < -0.39 is 6.10 Å². The number of hydrogen-bond acceptors (Lipinski definition) is 5. The highest BCUT2D eigenvalue weighted by Gasteiger charge is 2.29. The smallest absolute Gasteiger partial charge is 0.254 e. The fraction of sp³-hybridized carbons (Fsp3) is 0.500. The van der Waals surface area contributed by atoms with Crippen LogP contribution >= 0.6 is 0 Å². The summed E-state index contributed by atoms with van der Waals surface area (Å²) in [5.74, 6) is 0.562. The van der Waals surface area contributed by atoms with Crippen molar-refractivity contribution in [2.75, 3.05) is 6.54 Å². The molecule has 1 unspecified atom stereocenters. The Bertz CT molecular complexity index is 620. The number of rotatable bonds is 4. The zero-order valence-electron chi connectivity index (χ0n) is 10.6. The van der Waals surface area contributed by atoms with E-state index in [9.17, 15) is 9.90 Å². The van der Waals surface area contributed by atoms with Crippen molar-refractivity contribution in [3.63, 3.8) is 0 Å². The minimum Gasteiger partial charge on any atom is -0.391 e. The first-order valence-electron chi connectivity index (χ1n) is 6.28. The Labute approximate surface area is 109 Å². The SMILES string of the molecule is Cc1c(C(=O)NCC(O)C2CC2)cnc2ncnn12. The van der Waals surface area contributed by atoms with Crippen LogP contribution in [0.3, 0.4) is 0 Å². The molecular formula is C12H15N5O2. The number of nitrogens with zero attached hydrogens (tertiary/aromatic N) is 4. The van der Waals surface area contributed by atoms with Crippen molar-refractivity contribution < 1.29 is 9.90 Å². The van der Waals surface area contributed by atoms with Crippen LogP contribution in [0.25, 0.3) is 5.78 Å². The molecule has 0 spiro atoms. The monoisotopic (exact) mass is 261 g/mol. The molecule has 1 aliphatic rings. The molecule has 0 aromatic carbocycles. The van der Waals surface area contributed by atoms with E-state index in [1.54, 1.807) is 6.92 Å². The fourth-order valence-electron chi connectivity index (χ4n) is 2.05. The minimum atomic E-state index is -0.452. The van der Waals surface area contributed by atoms with Crippen LogP contribution in [0.2, 0.25) is 0 Å². The van der Waals surface area contributed by atoms with Gasteiger partial charge in [0.25, 0.3) is 11.7 Å². The maximum absolute atomic E-state index is 12.1. The predicted molar refractivity (Wildman–Crippen MR) is 66.6 cm³/mol. The molecule has 0 radical (unpaired) electrons. The summed E-state index contributed by atoms with van der Waals surface area (Å²) in [6.07, 6.45) is 4.52. The van der Waals surface area contributed by atoms with Crippen LogP contribution in [0.5, 0.6) is 0 Å². The number of aryl methyl sites for hydroxylation is 1. The molecule has 2 aromatic heterocycles. The number of aliphatic hydroxyl groups excluding tert-OH is 1. The highest BCUT2D eigenvalue weighted by atomic mass is 16.3. The Morgan fingerprint density at radius 2 is 2.37 bits per heavy atom. The highest BCUT2D eigenvalue weighted by Crippen LogP contribution is 2.32. The van der Waals surface area contributed by atoms with Crippen LogP contribution in [0, 0.1) is 12.8 Å². The molecule has 1 aliphatic carbocycles. The van der Waals surface area contributed by atoms with E-state index in [4.69, 9.17) is 0 Å². The third-order valence-electron chi connectivity index (χ3n) is 3.43. The van der Waals surface area contributed by atoms with Gasteiger partial charge in [-0.3, -0.25) is 4.79 Å². The van der Waals surface area contributed by atoms with Crippen molar-refractivity contribution in [1.82, 2.24) is 24.9 Å². The summed E-state index contributed by atoms with van der Waals surface area (Å²) < 4.78 is 1.52. The fourth-order valence-corrected chi connectivity index (χ4v) is 2.05. The number of hydrogen-bond donors (Lipinski definition) is 2. The first-order valence-corrected chi connectivity index (χ1v) is 6.28. The average molecular weight is 261 g/mol.